The minimum Gasteiger partial charge on any atom is -0.469 e. The molecule has 0 heterocycles. The van der Waals surface area contributed by atoms with E-state index >= 15 is 0 Å². The third-order valence-corrected chi connectivity index (χ3v) is 1.86. The molecule has 2 atom stereocenters. The molecule has 0 aliphatic carbocycles. The fraction of sp³-hybridized carbons (Fsp3) is 0.889. The van der Waals surface area contributed by atoms with Crippen molar-refractivity contribution in [3.05, 3.63) is 0 Å². The number of methoxy groups -OCH3 is 1. The van der Waals surface area contributed by atoms with Crippen molar-refractivity contribution < 1.29 is 14.6 Å². The highest BCUT2D eigenvalue weighted by Crippen LogP contribution is 1.96. The molecule has 0 bridgehead atoms. The van der Waals surface area contributed by atoms with Crippen LogP contribution in [0.25, 0.3) is 0 Å². The Hall–Kier alpha value is -0.610. The fourth-order valence-corrected chi connectivity index (χ4v) is 0.895. The summed E-state index contributed by atoms with van der Waals surface area (Å²) in [7, 11) is 1.38. The summed E-state index contributed by atoms with van der Waals surface area (Å²) in [5, 5.41) is 11.8. The van der Waals surface area contributed by atoms with Crippen molar-refractivity contribution in [2.45, 2.75) is 13.8 Å². The zero-order valence-electron chi connectivity index (χ0n) is 8.54. The molecule has 0 saturated carbocycles. The highest BCUT2D eigenvalue weighted by molar-refractivity contribution is 5.71. The van der Waals surface area contributed by atoms with Crippen molar-refractivity contribution in [2.75, 3.05) is 26.8 Å². The first-order valence-electron chi connectivity index (χ1n) is 4.51. The summed E-state index contributed by atoms with van der Waals surface area (Å²) in [6, 6.07) is 0. The van der Waals surface area contributed by atoms with Crippen LogP contribution in [0.2, 0.25) is 0 Å². The van der Waals surface area contributed by atoms with E-state index in [1.165, 1.54) is 7.11 Å². The number of aliphatic hydroxyl groups excluding tert-OH is 1. The smallest absolute Gasteiger partial charge is 0.309 e. The molecular formula is C9H19NO3. The summed E-state index contributed by atoms with van der Waals surface area (Å²) >= 11 is 0. The van der Waals surface area contributed by atoms with Crippen LogP contribution in [-0.2, 0) is 9.53 Å². The molecule has 2 N–H and O–H groups in total. The lowest BCUT2D eigenvalue weighted by atomic mass is 10.1. The standard InChI is InChI=1S/C9H19NO3/c1-7(6-11)4-10-5-8(2)9(12)13-3/h7-8,10-11H,4-6H2,1-3H3. The number of rotatable bonds is 6. The van der Waals surface area contributed by atoms with Crippen LogP contribution in [0, 0.1) is 11.8 Å². The Morgan fingerprint density at radius 3 is 2.54 bits per heavy atom. The van der Waals surface area contributed by atoms with E-state index < -0.39 is 0 Å². The molecule has 0 aliphatic rings. The van der Waals surface area contributed by atoms with Gasteiger partial charge in [-0.15, -0.1) is 0 Å². The van der Waals surface area contributed by atoms with Crippen molar-refractivity contribution in [1.29, 1.82) is 0 Å². The van der Waals surface area contributed by atoms with Crippen LogP contribution in [0.15, 0.2) is 0 Å². The van der Waals surface area contributed by atoms with Crippen molar-refractivity contribution >= 4 is 5.97 Å². The second-order valence-electron chi connectivity index (χ2n) is 3.37. The van der Waals surface area contributed by atoms with E-state index in [9.17, 15) is 4.79 Å². The Balaban J connectivity index is 3.47. The number of nitrogens with one attached hydrogen (secondary N) is 1. The van der Waals surface area contributed by atoms with Crippen molar-refractivity contribution in [3.63, 3.8) is 0 Å². The normalized spacial score (nSPS) is 15.1. The third-order valence-electron chi connectivity index (χ3n) is 1.86. The molecule has 0 aliphatic heterocycles. The van der Waals surface area contributed by atoms with Crippen LogP contribution in [0.5, 0.6) is 0 Å². The highest BCUT2D eigenvalue weighted by atomic mass is 16.5. The van der Waals surface area contributed by atoms with Gasteiger partial charge in [-0.2, -0.15) is 0 Å². The van der Waals surface area contributed by atoms with Gasteiger partial charge in [-0.25, -0.2) is 0 Å². The Morgan fingerprint density at radius 1 is 1.46 bits per heavy atom. The summed E-state index contributed by atoms with van der Waals surface area (Å²) < 4.78 is 4.57. The summed E-state index contributed by atoms with van der Waals surface area (Å²) in [5.41, 5.74) is 0. The predicted octanol–water partition coefficient (Wildman–Crippen LogP) is 0.0135. The van der Waals surface area contributed by atoms with E-state index in [-0.39, 0.29) is 24.4 Å². The lowest BCUT2D eigenvalue weighted by molar-refractivity contribution is -0.144. The number of esters is 1. The summed E-state index contributed by atoms with van der Waals surface area (Å²) in [4.78, 5) is 10.9. The quantitative estimate of drug-likeness (QED) is 0.578. The van der Waals surface area contributed by atoms with Gasteiger partial charge in [0.25, 0.3) is 0 Å². The van der Waals surface area contributed by atoms with Crippen molar-refractivity contribution in [3.8, 4) is 0 Å². The number of carbonyl (C=O) groups is 1. The predicted molar refractivity (Wildman–Crippen MR) is 50.3 cm³/mol. The highest BCUT2D eigenvalue weighted by Gasteiger charge is 2.12. The van der Waals surface area contributed by atoms with Gasteiger partial charge in [-0.05, 0) is 12.5 Å². The fourth-order valence-electron chi connectivity index (χ4n) is 0.895. The molecule has 0 saturated heterocycles. The number of hydrogen-bond acceptors (Lipinski definition) is 4. The first-order chi connectivity index (χ1) is 6.11. The van der Waals surface area contributed by atoms with Gasteiger partial charge < -0.3 is 15.2 Å². The molecule has 0 amide bonds. The molecule has 0 fully saturated rings. The maximum atomic E-state index is 10.9. The topological polar surface area (TPSA) is 58.6 Å². The van der Waals surface area contributed by atoms with Gasteiger partial charge >= 0.3 is 5.97 Å². The summed E-state index contributed by atoms with van der Waals surface area (Å²) in [6.45, 7) is 5.23. The van der Waals surface area contributed by atoms with Crippen LogP contribution in [-0.4, -0.2) is 37.9 Å². The SMILES string of the molecule is COC(=O)C(C)CNCC(C)CO. The maximum Gasteiger partial charge on any atom is 0.309 e. The Bertz CT molecular complexity index is 150. The van der Waals surface area contributed by atoms with Gasteiger partial charge in [0, 0.05) is 13.2 Å². The van der Waals surface area contributed by atoms with Crippen LogP contribution < -0.4 is 5.32 Å². The molecule has 0 aromatic carbocycles. The van der Waals surface area contributed by atoms with Gasteiger partial charge in [0.1, 0.15) is 0 Å². The van der Waals surface area contributed by atoms with Gasteiger partial charge in [-0.3, -0.25) is 4.79 Å². The molecule has 4 nitrogen and oxygen atoms in total. The van der Waals surface area contributed by atoms with E-state index in [1.807, 2.05) is 13.8 Å². The second kappa shape index (κ2) is 6.86. The Kier molecular flexibility index (Phi) is 6.54. The Labute approximate surface area is 79.3 Å². The summed E-state index contributed by atoms with van der Waals surface area (Å²) in [6.07, 6.45) is 0. The number of carbonyl (C=O) groups excluding carboxylic acids is 1. The molecule has 0 aromatic rings. The van der Waals surface area contributed by atoms with Crippen molar-refractivity contribution in [1.82, 2.24) is 5.32 Å². The van der Waals surface area contributed by atoms with Crippen LogP contribution >= 0.6 is 0 Å². The molecule has 4 heteroatoms. The molecule has 0 rings (SSSR count). The molecule has 0 spiro atoms. The van der Waals surface area contributed by atoms with Gasteiger partial charge in [0.2, 0.25) is 0 Å². The first-order valence-corrected chi connectivity index (χ1v) is 4.51. The number of aliphatic hydroxyl groups is 1. The van der Waals surface area contributed by atoms with Gasteiger partial charge in [-0.1, -0.05) is 13.8 Å². The van der Waals surface area contributed by atoms with E-state index in [1.54, 1.807) is 0 Å². The van der Waals surface area contributed by atoms with E-state index in [2.05, 4.69) is 10.1 Å². The molecule has 2 unspecified atom stereocenters. The average molecular weight is 189 g/mol. The van der Waals surface area contributed by atoms with Gasteiger partial charge in [0.05, 0.1) is 13.0 Å². The third kappa shape index (κ3) is 5.60. The molecule has 0 aromatic heterocycles. The van der Waals surface area contributed by atoms with E-state index in [0.29, 0.717) is 6.54 Å². The average Bonchev–Trinajstić information content (AvgIpc) is 2.15. The molecule has 78 valence electrons. The second-order valence-corrected chi connectivity index (χ2v) is 3.37. The lowest BCUT2D eigenvalue weighted by Gasteiger charge is -2.12. The monoisotopic (exact) mass is 189 g/mol. The molecule has 13 heavy (non-hydrogen) atoms. The van der Waals surface area contributed by atoms with E-state index in [4.69, 9.17) is 5.11 Å². The zero-order chi connectivity index (χ0) is 10.3. The zero-order valence-corrected chi connectivity index (χ0v) is 8.54. The first kappa shape index (κ1) is 12.4. The van der Waals surface area contributed by atoms with Gasteiger partial charge in [0.15, 0.2) is 0 Å². The van der Waals surface area contributed by atoms with E-state index in [0.717, 1.165) is 6.54 Å². The number of ether oxygens (including phenoxy) is 1. The molecular weight excluding hydrogens is 170 g/mol. The lowest BCUT2D eigenvalue weighted by Crippen LogP contribution is -2.31. The van der Waals surface area contributed by atoms with Crippen molar-refractivity contribution in [2.24, 2.45) is 11.8 Å². The minimum atomic E-state index is -0.204. The molecule has 0 radical (unpaired) electrons. The largest absolute Gasteiger partial charge is 0.469 e. The minimum absolute atomic E-state index is 0.129. The number of hydrogen-bond donors (Lipinski definition) is 2. The summed E-state index contributed by atoms with van der Waals surface area (Å²) in [5.74, 6) is -0.107. The van der Waals surface area contributed by atoms with Crippen LogP contribution in [0.1, 0.15) is 13.8 Å². The van der Waals surface area contributed by atoms with Crippen LogP contribution in [0.4, 0.5) is 0 Å². The Morgan fingerprint density at radius 2 is 2.08 bits per heavy atom. The maximum absolute atomic E-state index is 10.9. The van der Waals surface area contributed by atoms with Crippen LogP contribution in [0.3, 0.4) is 0 Å².